The molecule has 1 heterocycles. The van der Waals surface area contributed by atoms with Crippen molar-refractivity contribution >= 4 is 0 Å². The zero-order chi connectivity index (χ0) is 13.2. The lowest BCUT2D eigenvalue weighted by Crippen LogP contribution is -2.17. The van der Waals surface area contributed by atoms with E-state index in [4.69, 9.17) is 9.15 Å². The van der Waals surface area contributed by atoms with E-state index in [9.17, 15) is 13.2 Å². The molecule has 0 saturated carbocycles. The number of hydrogen-bond donors (Lipinski definition) is 0. The van der Waals surface area contributed by atoms with Crippen LogP contribution in [-0.4, -0.2) is 13.5 Å². The number of halogens is 3. The fourth-order valence-electron chi connectivity index (χ4n) is 1.50. The molecule has 0 aliphatic heterocycles. The highest BCUT2D eigenvalue weighted by molar-refractivity contribution is 5.67. The van der Waals surface area contributed by atoms with Crippen molar-refractivity contribution in [2.45, 2.75) is 6.36 Å². The summed E-state index contributed by atoms with van der Waals surface area (Å²) in [6.45, 7) is 0. The number of rotatable bonds is 3. The number of methoxy groups -OCH3 is 1. The maximum absolute atomic E-state index is 12.1. The van der Waals surface area contributed by atoms with Crippen LogP contribution in [-0.2, 0) is 0 Å². The minimum atomic E-state index is -4.72. The molecule has 0 spiro atoms. The van der Waals surface area contributed by atoms with Gasteiger partial charge in [-0.2, -0.15) is 0 Å². The monoisotopic (exact) mass is 258 g/mol. The summed E-state index contributed by atoms with van der Waals surface area (Å²) in [5.74, 6) is 0.409. The summed E-state index contributed by atoms with van der Waals surface area (Å²) in [5.41, 5.74) is 0.553. The normalized spacial score (nSPS) is 11.3. The van der Waals surface area contributed by atoms with Crippen molar-refractivity contribution in [1.29, 1.82) is 0 Å². The lowest BCUT2D eigenvalue weighted by molar-refractivity contribution is -0.274. The summed E-state index contributed by atoms with van der Waals surface area (Å²) in [4.78, 5) is 0. The molecule has 0 aliphatic rings. The van der Waals surface area contributed by atoms with E-state index in [0.29, 0.717) is 11.3 Å². The van der Waals surface area contributed by atoms with Gasteiger partial charge in [-0.3, -0.25) is 0 Å². The minimum Gasteiger partial charge on any atom is -0.496 e. The SMILES string of the molecule is COc1cc(OC(F)(F)F)ccc1-c1ccco1. The molecule has 0 aliphatic carbocycles. The first kappa shape index (κ1) is 12.3. The van der Waals surface area contributed by atoms with Crippen LogP contribution < -0.4 is 9.47 Å². The van der Waals surface area contributed by atoms with E-state index in [2.05, 4.69) is 4.74 Å². The van der Waals surface area contributed by atoms with Crippen molar-refractivity contribution in [3.63, 3.8) is 0 Å². The smallest absolute Gasteiger partial charge is 0.496 e. The van der Waals surface area contributed by atoms with Gasteiger partial charge in [0.05, 0.1) is 18.9 Å². The minimum absolute atomic E-state index is 0.242. The van der Waals surface area contributed by atoms with Crippen LogP contribution in [0.15, 0.2) is 41.0 Å². The zero-order valence-corrected chi connectivity index (χ0v) is 9.32. The lowest BCUT2D eigenvalue weighted by atomic mass is 10.1. The van der Waals surface area contributed by atoms with E-state index in [-0.39, 0.29) is 11.5 Å². The standard InChI is InChI=1S/C12H9F3O3/c1-16-11-7-8(18-12(13,14)15)4-5-9(11)10-3-2-6-17-10/h2-7H,1H3. The first-order valence-electron chi connectivity index (χ1n) is 4.97. The van der Waals surface area contributed by atoms with Gasteiger partial charge in [0.25, 0.3) is 0 Å². The molecule has 0 saturated heterocycles. The molecule has 3 nitrogen and oxygen atoms in total. The third kappa shape index (κ3) is 2.77. The summed E-state index contributed by atoms with van der Waals surface area (Å²) in [6.07, 6.45) is -3.26. The average molecular weight is 258 g/mol. The van der Waals surface area contributed by atoms with Gasteiger partial charge in [0.2, 0.25) is 0 Å². The van der Waals surface area contributed by atoms with Crippen molar-refractivity contribution in [3.8, 4) is 22.8 Å². The molecular formula is C12H9F3O3. The van der Waals surface area contributed by atoms with Crippen molar-refractivity contribution in [2.75, 3.05) is 7.11 Å². The topological polar surface area (TPSA) is 31.6 Å². The summed E-state index contributed by atoms with van der Waals surface area (Å²) < 4.78 is 50.2. The Balaban J connectivity index is 2.35. The molecule has 1 aromatic heterocycles. The van der Waals surface area contributed by atoms with Crippen LogP contribution in [0.2, 0.25) is 0 Å². The Hall–Kier alpha value is -2.11. The molecule has 0 radical (unpaired) electrons. The van der Waals surface area contributed by atoms with Crippen molar-refractivity contribution in [3.05, 3.63) is 36.6 Å². The van der Waals surface area contributed by atoms with Crippen molar-refractivity contribution in [2.24, 2.45) is 0 Å². The van der Waals surface area contributed by atoms with Crippen LogP contribution in [0.3, 0.4) is 0 Å². The zero-order valence-electron chi connectivity index (χ0n) is 9.32. The maximum atomic E-state index is 12.1. The Labute approximate surface area is 101 Å². The van der Waals surface area contributed by atoms with Crippen molar-refractivity contribution < 1.29 is 27.1 Å². The number of alkyl halides is 3. The van der Waals surface area contributed by atoms with E-state index in [1.165, 1.54) is 25.5 Å². The van der Waals surface area contributed by atoms with E-state index >= 15 is 0 Å². The van der Waals surface area contributed by atoms with Crippen LogP contribution >= 0.6 is 0 Å². The fourth-order valence-corrected chi connectivity index (χ4v) is 1.50. The third-order valence-corrected chi connectivity index (χ3v) is 2.19. The highest BCUT2D eigenvalue weighted by Gasteiger charge is 2.31. The average Bonchev–Trinajstić information content (AvgIpc) is 2.80. The summed E-state index contributed by atoms with van der Waals surface area (Å²) in [6, 6.07) is 7.16. The summed E-state index contributed by atoms with van der Waals surface area (Å²) >= 11 is 0. The number of hydrogen-bond acceptors (Lipinski definition) is 3. The molecule has 6 heteroatoms. The number of ether oxygens (including phenoxy) is 2. The molecule has 0 amide bonds. The number of benzene rings is 1. The fraction of sp³-hybridized carbons (Fsp3) is 0.167. The molecule has 0 N–H and O–H groups in total. The van der Waals surface area contributed by atoms with Gasteiger partial charge < -0.3 is 13.9 Å². The second-order valence-electron chi connectivity index (χ2n) is 3.39. The Morgan fingerprint density at radius 3 is 2.50 bits per heavy atom. The molecule has 0 atom stereocenters. The number of furan rings is 1. The molecule has 1 aromatic carbocycles. The summed E-state index contributed by atoms with van der Waals surface area (Å²) in [5, 5.41) is 0. The van der Waals surface area contributed by atoms with Gasteiger partial charge in [-0.25, -0.2) is 0 Å². The lowest BCUT2D eigenvalue weighted by Gasteiger charge is -2.11. The van der Waals surface area contributed by atoms with Crippen LogP contribution in [0.4, 0.5) is 13.2 Å². The Bertz CT molecular complexity index is 518. The van der Waals surface area contributed by atoms with Gasteiger partial charge in [0.1, 0.15) is 17.3 Å². The predicted molar refractivity (Wildman–Crippen MR) is 57.4 cm³/mol. The van der Waals surface area contributed by atoms with E-state index in [1.54, 1.807) is 12.1 Å². The maximum Gasteiger partial charge on any atom is 0.573 e. The molecule has 2 rings (SSSR count). The Morgan fingerprint density at radius 1 is 1.17 bits per heavy atom. The van der Waals surface area contributed by atoms with Gasteiger partial charge in [-0.15, -0.1) is 13.2 Å². The van der Waals surface area contributed by atoms with E-state index in [1.807, 2.05) is 0 Å². The molecular weight excluding hydrogens is 249 g/mol. The third-order valence-electron chi connectivity index (χ3n) is 2.19. The van der Waals surface area contributed by atoms with Gasteiger partial charge in [0.15, 0.2) is 0 Å². The summed E-state index contributed by atoms with van der Waals surface area (Å²) in [7, 11) is 1.36. The molecule has 96 valence electrons. The van der Waals surface area contributed by atoms with Gasteiger partial charge in [-0.1, -0.05) is 0 Å². The molecule has 2 aromatic rings. The predicted octanol–water partition coefficient (Wildman–Crippen LogP) is 3.85. The molecule has 0 unspecified atom stereocenters. The Morgan fingerprint density at radius 2 is 1.94 bits per heavy atom. The molecule has 18 heavy (non-hydrogen) atoms. The first-order chi connectivity index (χ1) is 8.49. The largest absolute Gasteiger partial charge is 0.573 e. The van der Waals surface area contributed by atoms with Crippen molar-refractivity contribution in [1.82, 2.24) is 0 Å². The second-order valence-corrected chi connectivity index (χ2v) is 3.39. The molecule has 0 bridgehead atoms. The first-order valence-corrected chi connectivity index (χ1v) is 4.97. The van der Waals surface area contributed by atoms with Crippen LogP contribution in [0.5, 0.6) is 11.5 Å². The highest BCUT2D eigenvalue weighted by Crippen LogP contribution is 2.35. The van der Waals surface area contributed by atoms with Crippen LogP contribution in [0, 0.1) is 0 Å². The van der Waals surface area contributed by atoms with E-state index in [0.717, 1.165) is 6.07 Å². The van der Waals surface area contributed by atoms with E-state index < -0.39 is 6.36 Å². The quantitative estimate of drug-likeness (QED) is 0.837. The van der Waals surface area contributed by atoms with Gasteiger partial charge in [0, 0.05) is 6.07 Å². The highest BCUT2D eigenvalue weighted by atomic mass is 19.4. The van der Waals surface area contributed by atoms with Crippen LogP contribution in [0.25, 0.3) is 11.3 Å². The van der Waals surface area contributed by atoms with Gasteiger partial charge in [-0.05, 0) is 24.3 Å². The van der Waals surface area contributed by atoms with Crippen LogP contribution in [0.1, 0.15) is 0 Å². The Kier molecular flexibility index (Phi) is 3.18. The second kappa shape index (κ2) is 4.64. The van der Waals surface area contributed by atoms with Gasteiger partial charge >= 0.3 is 6.36 Å². The molecule has 0 fully saturated rings.